The summed E-state index contributed by atoms with van der Waals surface area (Å²) in [5, 5.41) is 10.0. The average molecular weight is 469 g/mol. The van der Waals surface area contributed by atoms with Crippen LogP contribution < -0.4 is 5.32 Å². The number of anilines is 1. The van der Waals surface area contributed by atoms with Crippen LogP contribution in [0.3, 0.4) is 0 Å². The lowest BCUT2D eigenvalue weighted by molar-refractivity contribution is -0.137. The van der Waals surface area contributed by atoms with Crippen LogP contribution in [-0.2, 0) is 22.3 Å². The molecule has 1 saturated carbocycles. The third-order valence-electron chi connectivity index (χ3n) is 6.09. The zero-order chi connectivity index (χ0) is 23.9. The highest BCUT2D eigenvalue weighted by molar-refractivity contribution is 5.97. The number of likely N-dealkylation sites (tertiary alicyclic amines) is 1. The largest absolute Gasteiger partial charge is 0.416 e. The van der Waals surface area contributed by atoms with E-state index in [9.17, 15) is 22.8 Å². The van der Waals surface area contributed by atoms with E-state index < -0.39 is 17.7 Å². The van der Waals surface area contributed by atoms with Crippen LogP contribution in [-0.4, -0.2) is 38.4 Å². The van der Waals surface area contributed by atoms with Gasteiger partial charge in [0.05, 0.1) is 11.5 Å². The summed E-state index contributed by atoms with van der Waals surface area (Å²) in [5.74, 6) is 0.832. The van der Waals surface area contributed by atoms with Gasteiger partial charge in [0.15, 0.2) is 5.82 Å². The fraction of sp³-hybridized carbons (Fsp3) is 0.333. The summed E-state index contributed by atoms with van der Waals surface area (Å²) in [7, 11) is 0. The van der Waals surface area contributed by atoms with Crippen molar-refractivity contribution >= 4 is 17.5 Å². The van der Waals surface area contributed by atoms with Crippen LogP contribution in [0.1, 0.15) is 42.1 Å². The number of hydrogen-bond donors (Lipinski definition) is 2. The Kier molecular flexibility index (Phi) is 5.59. The van der Waals surface area contributed by atoms with Crippen LogP contribution >= 0.6 is 0 Å². The molecule has 2 fully saturated rings. The molecule has 1 aliphatic carbocycles. The van der Waals surface area contributed by atoms with Crippen molar-refractivity contribution in [1.29, 1.82) is 0 Å². The second-order valence-electron chi connectivity index (χ2n) is 8.76. The fourth-order valence-electron chi connectivity index (χ4n) is 4.06. The quantitative estimate of drug-likeness (QED) is 0.562. The molecule has 2 heterocycles. The number of halogens is 3. The minimum absolute atomic E-state index is 0.0179. The van der Waals surface area contributed by atoms with Crippen molar-refractivity contribution in [2.75, 3.05) is 11.9 Å². The predicted molar refractivity (Wildman–Crippen MR) is 117 cm³/mol. The highest BCUT2D eigenvalue weighted by Gasteiger charge is 2.35. The van der Waals surface area contributed by atoms with Gasteiger partial charge in [-0.15, -0.1) is 0 Å². The first-order chi connectivity index (χ1) is 16.3. The fourth-order valence-corrected chi connectivity index (χ4v) is 4.06. The van der Waals surface area contributed by atoms with E-state index in [1.165, 1.54) is 11.0 Å². The van der Waals surface area contributed by atoms with Gasteiger partial charge in [-0.25, -0.2) is 4.98 Å². The number of nitrogens with one attached hydrogen (secondary N) is 2. The Balaban J connectivity index is 1.19. The van der Waals surface area contributed by atoms with Gasteiger partial charge in [0.25, 0.3) is 0 Å². The Bertz CT molecular complexity index is 1220. The van der Waals surface area contributed by atoms with Crippen LogP contribution in [0.25, 0.3) is 11.4 Å². The van der Waals surface area contributed by atoms with E-state index in [4.69, 9.17) is 0 Å². The summed E-state index contributed by atoms with van der Waals surface area (Å²) in [6.45, 7) is 0.181. The zero-order valence-electron chi connectivity index (χ0n) is 18.1. The smallest absolute Gasteiger partial charge is 0.338 e. The summed E-state index contributed by atoms with van der Waals surface area (Å²) in [5.41, 5.74) is 1.01. The Morgan fingerprint density at radius 1 is 1.15 bits per heavy atom. The molecule has 0 bridgehead atoms. The Hall–Kier alpha value is -3.69. The molecular formula is C24H22F3N5O2. The molecule has 2 amide bonds. The van der Waals surface area contributed by atoms with E-state index in [0.29, 0.717) is 23.0 Å². The van der Waals surface area contributed by atoms with Crippen molar-refractivity contribution in [3.05, 3.63) is 65.5 Å². The number of hydrogen-bond acceptors (Lipinski definition) is 4. The first-order valence-corrected chi connectivity index (χ1v) is 11.0. The van der Waals surface area contributed by atoms with E-state index in [0.717, 1.165) is 36.4 Å². The topological polar surface area (TPSA) is 91.0 Å². The molecule has 0 radical (unpaired) electrons. The van der Waals surface area contributed by atoms with Gasteiger partial charge in [-0.3, -0.25) is 14.7 Å². The van der Waals surface area contributed by atoms with Crippen LogP contribution in [0.4, 0.5) is 18.9 Å². The number of H-pyrrole nitrogens is 1. The molecule has 1 aliphatic heterocycles. The molecule has 34 heavy (non-hydrogen) atoms. The van der Waals surface area contributed by atoms with Crippen molar-refractivity contribution in [3.8, 4) is 11.4 Å². The number of alkyl halides is 3. The second kappa shape index (κ2) is 8.58. The third-order valence-corrected chi connectivity index (χ3v) is 6.09. The van der Waals surface area contributed by atoms with Crippen LogP contribution in [0, 0.1) is 5.92 Å². The SMILES string of the molecule is O=C(Nc1ccc(-c2n[nH]c(C3CC3)n2)cc1)C1CC(=O)N(Cc2cccc(C(F)(F)F)c2)C1. The van der Waals surface area contributed by atoms with Crippen molar-refractivity contribution in [3.63, 3.8) is 0 Å². The highest BCUT2D eigenvalue weighted by Crippen LogP contribution is 2.38. The molecule has 10 heteroatoms. The molecule has 1 atom stereocenters. The first-order valence-electron chi connectivity index (χ1n) is 11.0. The van der Waals surface area contributed by atoms with Crippen molar-refractivity contribution in [1.82, 2.24) is 20.1 Å². The molecule has 1 unspecified atom stereocenters. The van der Waals surface area contributed by atoms with Gasteiger partial charge in [0.1, 0.15) is 5.82 Å². The van der Waals surface area contributed by atoms with E-state index in [1.54, 1.807) is 18.2 Å². The van der Waals surface area contributed by atoms with Crippen LogP contribution in [0.5, 0.6) is 0 Å². The summed E-state index contributed by atoms with van der Waals surface area (Å²) in [6.07, 6.45) is -2.18. The Morgan fingerprint density at radius 2 is 1.91 bits per heavy atom. The van der Waals surface area contributed by atoms with Crippen LogP contribution in [0.2, 0.25) is 0 Å². The zero-order valence-corrected chi connectivity index (χ0v) is 18.1. The second-order valence-corrected chi connectivity index (χ2v) is 8.76. The van der Waals surface area contributed by atoms with E-state index in [2.05, 4.69) is 20.5 Å². The number of carbonyl (C=O) groups excluding carboxylic acids is 2. The lowest BCUT2D eigenvalue weighted by Gasteiger charge is -2.17. The van der Waals surface area contributed by atoms with Gasteiger partial charge in [0.2, 0.25) is 11.8 Å². The maximum atomic E-state index is 12.9. The minimum atomic E-state index is -4.45. The van der Waals surface area contributed by atoms with Crippen molar-refractivity contribution < 1.29 is 22.8 Å². The van der Waals surface area contributed by atoms with Crippen molar-refractivity contribution in [2.45, 2.75) is 37.9 Å². The summed E-state index contributed by atoms with van der Waals surface area (Å²) >= 11 is 0. The molecule has 2 N–H and O–H groups in total. The molecule has 3 aromatic rings. The maximum absolute atomic E-state index is 12.9. The number of nitrogens with zero attached hydrogens (tertiary/aromatic N) is 3. The van der Waals surface area contributed by atoms with Gasteiger partial charge in [0, 0.05) is 36.7 Å². The third kappa shape index (κ3) is 4.80. The number of amides is 2. The van der Waals surface area contributed by atoms with Gasteiger partial charge >= 0.3 is 6.18 Å². The number of aromatic nitrogens is 3. The average Bonchev–Trinajstić information content (AvgIpc) is 3.42. The molecular weight excluding hydrogens is 447 g/mol. The minimum Gasteiger partial charge on any atom is -0.338 e. The van der Waals surface area contributed by atoms with E-state index in [1.807, 2.05) is 12.1 Å². The standard InChI is InChI=1S/C24H22F3N5O2/c25-24(26,27)18-3-1-2-14(10-18)12-32-13-17(11-20(32)33)23(34)28-19-8-6-16(7-9-19)22-29-21(30-31-22)15-4-5-15/h1-3,6-10,15,17H,4-5,11-13H2,(H,28,34)(H,29,30,31). The summed E-state index contributed by atoms with van der Waals surface area (Å²) < 4.78 is 38.8. The maximum Gasteiger partial charge on any atom is 0.416 e. The van der Waals surface area contributed by atoms with E-state index in [-0.39, 0.29) is 31.3 Å². The molecule has 2 aromatic carbocycles. The Morgan fingerprint density at radius 3 is 2.62 bits per heavy atom. The highest BCUT2D eigenvalue weighted by atomic mass is 19.4. The Labute approximate surface area is 193 Å². The molecule has 176 valence electrons. The number of rotatable bonds is 6. The molecule has 1 saturated heterocycles. The predicted octanol–water partition coefficient (Wildman–Crippen LogP) is 4.36. The molecule has 0 spiro atoms. The van der Waals surface area contributed by atoms with Gasteiger partial charge in [-0.1, -0.05) is 12.1 Å². The summed E-state index contributed by atoms with van der Waals surface area (Å²) in [4.78, 5) is 31.0. The van der Waals surface area contributed by atoms with Crippen LogP contribution in [0.15, 0.2) is 48.5 Å². The van der Waals surface area contributed by atoms with E-state index >= 15 is 0 Å². The van der Waals surface area contributed by atoms with Gasteiger partial charge < -0.3 is 10.2 Å². The summed E-state index contributed by atoms with van der Waals surface area (Å²) in [6, 6.07) is 12.0. The number of carbonyl (C=O) groups is 2. The first kappa shape index (κ1) is 22.1. The lowest BCUT2D eigenvalue weighted by atomic mass is 10.1. The molecule has 5 rings (SSSR count). The van der Waals surface area contributed by atoms with Gasteiger partial charge in [-0.05, 0) is 54.8 Å². The lowest BCUT2D eigenvalue weighted by Crippen LogP contribution is -2.28. The molecule has 1 aromatic heterocycles. The van der Waals surface area contributed by atoms with Gasteiger partial charge in [-0.2, -0.15) is 18.3 Å². The normalized spacial score (nSPS) is 18.4. The molecule has 2 aliphatic rings. The number of aromatic amines is 1. The molecule has 7 nitrogen and oxygen atoms in total. The monoisotopic (exact) mass is 469 g/mol. The number of benzene rings is 2. The van der Waals surface area contributed by atoms with Crippen molar-refractivity contribution in [2.24, 2.45) is 5.92 Å².